The molecular formula is C33H20ClN3S. The van der Waals surface area contributed by atoms with E-state index in [2.05, 4.69) is 88.8 Å². The van der Waals surface area contributed by atoms with E-state index in [1.807, 2.05) is 53.8 Å². The first-order chi connectivity index (χ1) is 18.7. The topological polar surface area (TPSA) is 38.7 Å². The van der Waals surface area contributed by atoms with Crippen molar-refractivity contribution in [3.05, 3.63) is 127 Å². The van der Waals surface area contributed by atoms with Crippen LogP contribution in [0.2, 0.25) is 5.28 Å². The average Bonchev–Trinajstić information content (AvgIpc) is 3.35. The lowest BCUT2D eigenvalue weighted by Gasteiger charge is -2.08. The van der Waals surface area contributed by atoms with Gasteiger partial charge in [0.25, 0.3) is 0 Å². The van der Waals surface area contributed by atoms with Crippen molar-refractivity contribution in [3.63, 3.8) is 0 Å². The maximum atomic E-state index is 6.34. The molecule has 2 aromatic heterocycles. The fourth-order valence-electron chi connectivity index (χ4n) is 4.77. The number of hydrogen-bond donors (Lipinski definition) is 0. The van der Waals surface area contributed by atoms with Crippen LogP contribution < -0.4 is 0 Å². The molecule has 0 saturated heterocycles. The van der Waals surface area contributed by atoms with Crippen molar-refractivity contribution in [1.29, 1.82) is 0 Å². The normalized spacial score (nSPS) is 11.3. The molecule has 0 aliphatic carbocycles. The van der Waals surface area contributed by atoms with Crippen molar-refractivity contribution in [2.24, 2.45) is 0 Å². The third-order valence-corrected chi connectivity index (χ3v) is 8.03. The fraction of sp³-hybridized carbons (Fsp3) is 0. The van der Waals surface area contributed by atoms with Gasteiger partial charge < -0.3 is 0 Å². The van der Waals surface area contributed by atoms with E-state index in [4.69, 9.17) is 16.6 Å². The summed E-state index contributed by atoms with van der Waals surface area (Å²) >= 11 is 8.17. The van der Waals surface area contributed by atoms with Crippen LogP contribution >= 0.6 is 22.9 Å². The Hall–Kier alpha value is -4.38. The first kappa shape index (κ1) is 22.8. The minimum Gasteiger partial charge on any atom is -0.208 e. The van der Waals surface area contributed by atoms with Gasteiger partial charge in [0, 0.05) is 31.3 Å². The lowest BCUT2D eigenvalue weighted by molar-refractivity contribution is 1.07. The minimum atomic E-state index is 0.177. The molecule has 0 radical (unpaired) electrons. The van der Waals surface area contributed by atoms with Gasteiger partial charge in [0.1, 0.15) is 0 Å². The molecular weight excluding hydrogens is 506 g/mol. The van der Waals surface area contributed by atoms with Crippen molar-refractivity contribution in [2.75, 3.05) is 0 Å². The molecule has 5 aromatic carbocycles. The molecule has 0 amide bonds. The molecule has 7 rings (SSSR count). The summed E-state index contributed by atoms with van der Waals surface area (Å²) in [6.07, 6.45) is 0. The largest absolute Gasteiger partial charge is 0.226 e. The maximum absolute atomic E-state index is 6.34. The summed E-state index contributed by atoms with van der Waals surface area (Å²) < 4.78 is 2.61. The zero-order valence-electron chi connectivity index (χ0n) is 20.2. The van der Waals surface area contributed by atoms with E-state index in [1.54, 1.807) is 0 Å². The Bertz CT molecular complexity index is 1910. The number of fused-ring (bicyclic) bond motifs is 3. The highest BCUT2D eigenvalue weighted by atomic mass is 35.5. The molecule has 5 heteroatoms. The lowest BCUT2D eigenvalue weighted by Crippen LogP contribution is -1.97. The Balaban J connectivity index is 1.20. The highest BCUT2D eigenvalue weighted by Gasteiger charge is 2.11. The zero-order valence-corrected chi connectivity index (χ0v) is 21.7. The molecule has 0 bridgehead atoms. The molecule has 38 heavy (non-hydrogen) atoms. The average molecular weight is 526 g/mol. The van der Waals surface area contributed by atoms with Crippen molar-refractivity contribution in [2.45, 2.75) is 0 Å². The van der Waals surface area contributed by atoms with E-state index in [1.165, 1.54) is 31.3 Å². The molecule has 0 unspecified atom stereocenters. The second-order valence-electron chi connectivity index (χ2n) is 9.08. The second kappa shape index (κ2) is 9.49. The summed E-state index contributed by atoms with van der Waals surface area (Å²) in [4.78, 5) is 13.5. The van der Waals surface area contributed by atoms with E-state index in [-0.39, 0.29) is 5.28 Å². The summed E-state index contributed by atoms with van der Waals surface area (Å²) in [5, 5.41) is 2.77. The highest BCUT2D eigenvalue weighted by molar-refractivity contribution is 7.25. The van der Waals surface area contributed by atoms with Crippen molar-refractivity contribution < 1.29 is 0 Å². The lowest BCUT2D eigenvalue weighted by atomic mass is 10.0. The molecule has 3 nitrogen and oxygen atoms in total. The zero-order chi connectivity index (χ0) is 25.5. The van der Waals surface area contributed by atoms with Crippen LogP contribution in [0, 0.1) is 0 Å². The molecule has 0 aliphatic heterocycles. The summed E-state index contributed by atoms with van der Waals surface area (Å²) in [5.74, 6) is 1.11. The molecule has 2 heterocycles. The number of rotatable bonds is 4. The Morgan fingerprint density at radius 3 is 1.61 bits per heavy atom. The van der Waals surface area contributed by atoms with Crippen LogP contribution in [0.1, 0.15) is 0 Å². The van der Waals surface area contributed by atoms with Crippen LogP contribution in [0.25, 0.3) is 65.2 Å². The number of hydrogen-bond acceptors (Lipinski definition) is 4. The van der Waals surface area contributed by atoms with Crippen LogP contribution in [0.3, 0.4) is 0 Å². The third-order valence-electron chi connectivity index (χ3n) is 6.71. The predicted octanol–water partition coefficient (Wildman–Crippen LogP) is 9.56. The Kier molecular flexibility index (Phi) is 5.69. The van der Waals surface area contributed by atoms with Crippen LogP contribution in [-0.2, 0) is 0 Å². The predicted molar refractivity (Wildman–Crippen MR) is 159 cm³/mol. The summed E-state index contributed by atoms with van der Waals surface area (Å²) in [6.45, 7) is 0. The Labute approximate surface area is 229 Å². The smallest absolute Gasteiger partial charge is 0.208 e. The van der Waals surface area contributed by atoms with E-state index in [9.17, 15) is 0 Å². The Morgan fingerprint density at radius 2 is 0.921 bits per heavy atom. The van der Waals surface area contributed by atoms with Crippen LogP contribution in [-0.4, -0.2) is 15.0 Å². The van der Waals surface area contributed by atoms with Gasteiger partial charge in [0.05, 0.1) is 0 Å². The van der Waals surface area contributed by atoms with Gasteiger partial charge in [0.15, 0.2) is 11.6 Å². The van der Waals surface area contributed by atoms with Crippen molar-refractivity contribution in [3.8, 4) is 45.0 Å². The van der Waals surface area contributed by atoms with Gasteiger partial charge >= 0.3 is 0 Å². The van der Waals surface area contributed by atoms with Crippen molar-refractivity contribution in [1.82, 2.24) is 15.0 Å². The molecule has 0 spiro atoms. The summed E-state index contributed by atoms with van der Waals surface area (Å²) in [5.41, 5.74) is 6.41. The SMILES string of the molecule is Clc1nc(-c2ccc(-c3ccccc3)cc2)nc(-c2ccc(-c3ccc4sc5ccccc5c4c3)cc2)n1. The molecule has 0 saturated carbocycles. The number of thiophene rings is 1. The van der Waals surface area contributed by atoms with Gasteiger partial charge in [-0.05, 0) is 52.1 Å². The molecule has 0 fully saturated rings. The third kappa shape index (κ3) is 4.24. The van der Waals surface area contributed by atoms with Gasteiger partial charge in [-0.3, -0.25) is 0 Å². The number of nitrogens with zero attached hydrogens (tertiary/aromatic N) is 3. The van der Waals surface area contributed by atoms with E-state index in [0.29, 0.717) is 11.6 Å². The highest BCUT2D eigenvalue weighted by Crippen LogP contribution is 2.36. The van der Waals surface area contributed by atoms with Crippen molar-refractivity contribution >= 4 is 43.1 Å². The van der Waals surface area contributed by atoms with Gasteiger partial charge in [-0.25, -0.2) is 4.98 Å². The standard InChI is InChI=1S/C33H20ClN3S/c34-33-36-31(24-14-10-22(11-15-24)21-6-2-1-3-7-21)35-32(37-33)25-16-12-23(13-17-25)26-18-19-30-28(20-26)27-8-4-5-9-29(27)38-30/h1-20H. The Morgan fingerprint density at radius 1 is 0.421 bits per heavy atom. The van der Waals surface area contributed by atoms with Crippen LogP contribution in [0.4, 0.5) is 0 Å². The molecule has 0 aliphatic rings. The van der Waals surface area contributed by atoms with Gasteiger partial charge in [-0.15, -0.1) is 11.3 Å². The summed E-state index contributed by atoms with van der Waals surface area (Å²) in [6, 6.07) is 42.0. The van der Waals surface area contributed by atoms with Crippen LogP contribution in [0.5, 0.6) is 0 Å². The fourth-order valence-corrected chi connectivity index (χ4v) is 6.01. The first-order valence-electron chi connectivity index (χ1n) is 12.3. The van der Waals surface area contributed by atoms with E-state index in [0.717, 1.165) is 22.3 Å². The molecule has 180 valence electrons. The minimum absolute atomic E-state index is 0.177. The quantitative estimate of drug-likeness (QED) is 0.229. The monoisotopic (exact) mass is 525 g/mol. The molecule has 7 aromatic rings. The van der Waals surface area contributed by atoms with Crippen LogP contribution in [0.15, 0.2) is 121 Å². The number of halogens is 1. The number of benzene rings is 5. The second-order valence-corrected chi connectivity index (χ2v) is 10.5. The maximum Gasteiger partial charge on any atom is 0.226 e. The summed E-state index contributed by atoms with van der Waals surface area (Å²) in [7, 11) is 0. The van der Waals surface area contributed by atoms with Gasteiger partial charge in [-0.2, -0.15) is 9.97 Å². The van der Waals surface area contributed by atoms with Gasteiger partial charge in [-0.1, -0.05) is 103 Å². The number of aromatic nitrogens is 3. The first-order valence-corrected chi connectivity index (χ1v) is 13.5. The van der Waals surface area contributed by atoms with Gasteiger partial charge in [0.2, 0.25) is 5.28 Å². The van der Waals surface area contributed by atoms with E-state index < -0.39 is 0 Å². The van der Waals surface area contributed by atoms with E-state index >= 15 is 0 Å². The molecule has 0 N–H and O–H groups in total. The molecule has 0 atom stereocenters.